The molecule has 0 aliphatic rings. The Morgan fingerprint density at radius 2 is 2.40 bits per heavy atom. The number of benzene rings is 1. The Hall–Kier alpha value is -1.36. The van der Waals surface area contributed by atoms with E-state index in [0.29, 0.717) is 16.6 Å². The largest absolute Gasteiger partial charge is 0.462 e. The summed E-state index contributed by atoms with van der Waals surface area (Å²) in [6.07, 6.45) is 1.59. The number of carbonyl (C=O) groups excluding carboxylic acids is 1. The van der Waals surface area contributed by atoms with Gasteiger partial charge in [-0.2, -0.15) is 0 Å². The average molecular weight is 269 g/mol. The van der Waals surface area contributed by atoms with E-state index in [4.69, 9.17) is 4.74 Å². The molecule has 5 heteroatoms. The van der Waals surface area contributed by atoms with Crippen molar-refractivity contribution in [2.24, 2.45) is 0 Å². The van der Waals surface area contributed by atoms with Gasteiger partial charge >= 0.3 is 5.97 Å². The molecule has 1 aromatic heterocycles. The Labute approximate surface area is 94.8 Å². The number of nitrogens with zero attached hydrogens (tertiary/aromatic N) is 1. The van der Waals surface area contributed by atoms with Crippen molar-refractivity contribution in [3.63, 3.8) is 0 Å². The van der Waals surface area contributed by atoms with E-state index in [1.54, 1.807) is 25.4 Å². The zero-order chi connectivity index (χ0) is 10.8. The first-order valence-electron chi connectivity index (χ1n) is 4.52. The molecule has 0 radical (unpaired) electrons. The van der Waals surface area contributed by atoms with E-state index < -0.39 is 0 Å². The highest BCUT2D eigenvalue weighted by Crippen LogP contribution is 2.25. The van der Waals surface area contributed by atoms with Crippen molar-refractivity contribution in [2.75, 3.05) is 6.61 Å². The lowest BCUT2D eigenvalue weighted by Crippen LogP contribution is -2.05. The van der Waals surface area contributed by atoms with Gasteiger partial charge in [-0.25, -0.2) is 9.78 Å². The van der Waals surface area contributed by atoms with Crippen LogP contribution in [0.25, 0.3) is 11.0 Å². The topological polar surface area (TPSA) is 55.0 Å². The Balaban J connectivity index is 2.52. The molecule has 0 atom stereocenters. The Bertz CT molecular complexity index is 507. The summed E-state index contributed by atoms with van der Waals surface area (Å²) in [5.41, 5.74) is 2.12. The molecule has 78 valence electrons. The van der Waals surface area contributed by atoms with Crippen molar-refractivity contribution < 1.29 is 9.53 Å². The molecule has 15 heavy (non-hydrogen) atoms. The summed E-state index contributed by atoms with van der Waals surface area (Å²) in [7, 11) is 0. The summed E-state index contributed by atoms with van der Waals surface area (Å²) in [4.78, 5) is 18.6. The average Bonchev–Trinajstić information content (AvgIpc) is 2.67. The molecule has 0 unspecified atom stereocenters. The zero-order valence-corrected chi connectivity index (χ0v) is 9.67. The summed E-state index contributed by atoms with van der Waals surface area (Å²) < 4.78 is 5.59. The van der Waals surface area contributed by atoms with Gasteiger partial charge < -0.3 is 9.72 Å². The number of fused-ring (bicyclic) bond motifs is 1. The standard InChI is InChI=1S/C10H9BrN2O2/c1-2-15-10(14)6-3-4-7-9(8(6)11)13-5-12-7/h3-5H,2H2,1H3,(H,12,13). The van der Waals surface area contributed by atoms with Crippen molar-refractivity contribution >= 4 is 32.9 Å². The molecule has 1 heterocycles. The molecule has 2 aromatic rings. The predicted molar refractivity (Wildman–Crippen MR) is 59.8 cm³/mol. The molecule has 0 aliphatic carbocycles. The van der Waals surface area contributed by atoms with Crippen LogP contribution in [0.3, 0.4) is 0 Å². The van der Waals surface area contributed by atoms with Gasteiger partial charge in [0.25, 0.3) is 0 Å². The van der Waals surface area contributed by atoms with Gasteiger partial charge in [0.2, 0.25) is 0 Å². The fourth-order valence-electron chi connectivity index (χ4n) is 1.34. The molecule has 0 spiro atoms. The van der Waals surface area contributed by atoms with Gasteiger partial charge in [-0.15, -0.1) is 0 Å². The van der Waals surface area contributed by atoms with Crippen LogP contribution in [-0.2, 0) is 4.74 Å². The number of nitrogens with one attached hydrogen (secondary N) is 1. The Morgan fingerprint density at radius 3 is 3.13 bits per heavy atom. The second-order valence-corrected chi connectivity index (χ2v) is 3.74. The minimum atomic E-state index is -0.339. The van der Waals surface area contributed by atoms with E-state index in [2.05, 4.69) is 25.9 Å². The van der Waals surface area contributed by atoms with Crippen LogP contribution in [0.1, 0.15) is 17.3 Å². The monoisotopic (exact) mass is 268 g/mol. The molecule has 2 rings (SSSR count). The van der Waals surface area contributed by atoms with Crippen LogP contribution < -0.4 is 0 Å². The molecular weight excluding hydrogens is 260 g/mol. The number of rotatable bonds is 2. The number of imidazole rings is 1. The first-order valence-corrected chi connectivity index (χ1v) is 5.32. The summed E-state index contributed by atoms with van der Waals surface area (Å²) >= 11 is 3.35. The quantitative estimate of drug-likeness (QED) is 0.852. The van der Waals surface area contributed by atoms with Gasteiger partial charge in [0, 0.05) is 0 Å². The molecule has 0 amide bonds. The van der Waals surface area contributed by atoms with Gasteiger partial charge in [0.15, 0.2) is 0 Å². The lowest BCUT2D eigenvalue weighted by molar-refractivity contribution is 0.0525. The van der Waals surface area contributed by atoms with E-state index >= 15 is 0 Å². The lowest BCUT2D eigenvalue weighted by atomic mass is 10.2. The highest BCUT2D eigenvalue weighted by Gasteiger charge is 2.14. The van der Waals surface area contributed by atoms with Gasteiger partial charge in [-0.05, 0) is 35.0 Å². The zero-order valence-electron chi connectivity index (χ0n) is 8.08. The normalized spacial score (nSPS) is 10.5. The Morgan fingerprint density at radius 1 is 1.60 bits per heavy atom. The molecule has 0 aliphatic heterocycles. The van der Waals surface area contributed by atoms with Crippen molar-refractivity contribution in [3.8, 4) is 0 Å². The number of ether oxygens (including phenoxy) is 1. The van der Waals surface area contributed by atoms with Crippen molar-refractivity contribution in [3.05, 3.63) is 28.5 Å². The summed E-state index contributed by atoms with van der Waals surface area (Å²) in [6, 6.07) is 3.52. The second kappa shape index (κ2) is 4.02. The fourth-order valence-corrected chi connectivity index (χ4v) is 1.95. The molecule has 0 saturated heterocycles. The molecule has 1 N–H and O–H groups in total. The smallest absolute Gasteiger partial charge is 0.339 e. The van der Waals surface area contributed by atoms with Crippen molar-refractivity contribution in [2.45, 2.75) is 6.92 Å². The van der Waals surface area contributed by atoms with E-state index in [1.165, 1.54) is 0 Å². The van der Waals surface area contributed by atoms with Gasteiger partial charge in [-0.1, -0.05) is 0 Å². The van der Waals surface area contributed by atoms with Gasteiger partial charge in [-0.3, -0.25) is 0 Å². The molecule has 4 nitrogen and oxygen atoms in total. The maximum atomic E-state index is 11.5. The third-order valence-corrected chi connectivity index (χ3v) is 2.83. The van der Waals surface area contributed by atoms with Crippen LogP contribution in [0.15, 0.2) is 22.9 Å². The molecule has 0 bridgehead atoms. The van der Waals surface area contributed by atoms with Crippen LogP contribution in [0.5, 0.6) is 0 Å². The Kier molecular flexibility index (Phi) is 2.73. The van der Waals surface area contributed by atoms with Crippen LogP contribution in [0.2, 0.25) is 0 Å². The number of halogens is 1. The maximum absolute atomic E-state index is 11.5. The van der Waals surface area contributed by atoms with Crippen LogP contribution >= 0.6 is 15.9 Å². The number of carbonyl (C=O) groups is 1. The molecule has 0 fully saturated rings. The molecule has 0 saturated carbocycles. The number of H-pyrrole nitrogens is 1. The number of aromatic nitrogens is 2. The molecular formula is C10H9BrN2O2. The minimum Gasteiger partial charge on any atom is -0.462 e. The summed E-state index contributed by atoms with van der Waals surface area (Å²) in [5, 5.41) is 0. The van der Waals surface area contributed by atoms with Gasteiger partial charge in [0.1, 0.15) is 5.52 Å². The minimum absolute atomic E-state index is 0.339. The second-order valence-electron chi connectivity index (χ2n) is 2.95. The molecule has 1 aromatic carbocycles. The van der Waals surface area contributed by atoms with E-state index in [9.17, 15) is 4.79 Å². The van der Waals surface area contributed by atoms with E-state index in [0.717, 1.165) is 11.0 Å². The first-order chi connectivity index (χ1) is 7.24. The van der Waals surface area contributed by atoms with E-state index in [1.807, 2.05) is 0 Å². The highest BCUT2D eigenvalue weighted by atomic mass is 79.9. The van der Waals surface area contributed by atoms with Crippen LogP contribution in [-0.4, -0.2) is 22.5 Å². The van der Waals surface area contributed by atoms with E-state index in [-0.39, 0.29) is 5.97 Å². The number of aromatic amines is 1. The number of esters is 1. The van der Waals surface area contributed by atoms with Crippen molar-refractivity contribution in [1.82, 2.24) is 9.97 Å². The third kappa shape index (κ3) is 1.74. The van der Waals surface area contributed by atoms with Crippen LogP contribution in [0, 0.1) is 0 Å². The first kappa shape index (κ1) is 10.2. The predicted octanol–water partition coefficient (Wildman–Crippen LogP) is 2.50. The lowest BCUT2D eigenvalue weighted by Gasteiger charge is -2.04. The van der Waals surface area contributed by atoms with Crippen molar-refractivity contribution in [1.29, 1.82) is 0 Å². The summed E-state index contributed by atoms with van der Waals surface area (Å²) in [5.74, 6) is -0.339. The maximum Gasteiger partial charge on any atom is 0.339 e. The van der Waals surface area contributed by atoms with Gasteiger partial charge in [0.05, 0.1) is 28.5 Å². The fraction of sp³-hybridized carbons (Fsp3) is 0.200. The van der Waals surface area contributed by atoms with Crippen LogP contribution in [0.4, 0.5) is 0 Å². The highest BCUT2D eigenvalue weighted by molar-refractivity contribution is 9.10. The number of hydrogen-bond donors (Lipinski definition) is 1. The number of hydrogen-bond acceptors (Lipinski definition) is 3. The SMILES string of the molecule is CCOC(=O)c1ccc2[nH]cnc2c1Br. The summed E-state index contributed by atoms with van der Waals surface area (Å²) in [6.45, 7) is 2.14. The third-order valence-electron chi connectivity index (χ3n) is 2.03.